The summed E-state index contributed by atoms with van der Waals surface area (Å²) in [5.74, 6) is 0. The van der Waals surface area contributed by atoms with E-state index in [4.69, 9.17) is 4.42 Å². The molecule has 0 unspecified atom stereocenters. The van der Waals surface area contributed by atoms with Crippen LogP contribution in [0.4, 0.5) is 0 Å². The summed E-state index contributed by atoms with van der Waals surface area (Å²) in [6.07, 6.45) is 0. The number of fused-ring (bicyclic) bond motifs is 18. The molecule has 11 rings (SSSR count). The fourth-order valence-electron chi connectivity index (χ4n) is 8.98. The summed E-state index contributed by atoms with van der Waals surface area (Å²) in [5.41, 5.74) is 10.5. The zero-order chi connectivity index (χ0) is 31.0. The summed E-state index contributed by atoms with van der Waals surface area (Å²) >= 11 is 0. The Morgan fingerprint density at radius 3 is 1.83 bits per heavy atom. The molecule has 2 nitrogen and oxygen atoms in total. The Kier molecular flexibility index (Phi) is 4.68. The van der Waals surface area contributed by atoms with E-state index in [0.29, 0.717) is 0 Å². The van der Waals surface area contributed by atoms with Crippen LogP contribution < -0.4 is 0 Å². The van der Waals surface area contributed by atoms with Gasteiger partial charge in [0.15, 0.2) is 0 Å². The third-order valence-electron chi connectivity index (χ3n) is 10.9. The van der Waals surface area contributed by atoms with Crippen molar-refractivity contribution in [2.45, 2.75) is 19.3 Å². The molecule has 47 heavy (non-hydrogen) atoms. The van der Waals surface area contributed by atoms with E-state index in [0.717, 1.165) is 16.6 Å². The molecule has 0 spiro atoms. The van der Waals surface area contributed by atoms with E-state index in [1.807, 2.05) is 0 Å². The molecular weight excluding hydrogens is 571 g/mol. The zero-order valence-electron chi connectivity index (χ0n) is 26.1. The molecule has 0 saturated heterocycles. The molecule has 2 heterocycles. The number of nitrogens with zero attached hydrogens (tertiary/aromatic N) is 1. The quantitative estimate of drug-likeness (QED) is 0.172. The summed E-state index contributed by atoms with van der Waals surface area (Å²) < 4.78 is 9.40. The molecule has 220 valence electrons. The van der Waals surface area contributed by atoms with Gasteiger partial charge in [-0.15, -0.1) is 0 Å². The van der Waals surface area contributed by atoms with Gasteiger partial charge in [0.25, 0.3) is 0 Å². The molecule has 0 radical (unpaired) electrons. The normalized spacial score (nSPS) is 13.9. The third-order valence-corrected chi connectivity index (χ3v) is 10.9. The van der Waals surface area contributed by atoms with Gasteiger partial charge in [-0.3, -0.25) is 0 Å². The first kappa shape index (κ1) is 25.3. The van der Waals surface area contributed by atoms with E-state index in [1.54, 1.807) is 0 Å². The first-order valence-electron chi connectivity index (χ1n) is 16.5. The molecular formula is C45H29NO. The van der Waals surface area contributed by atoms with Gasteiger partial charge in [0.2, 0.25) is 0 Å². The second-order valence-electron chi connectivity index (χ2n) is 13.6. The van der Waals surface area contributed by atoms with Crippen LogP contribution >= 0.6 is 0 Å². The lowest BCUT2D eigenvalue weighted by molar-refractivity contribution is 0.656. The summed E-state index contributed by atoms with van der Waals surface area (Å²) in [6.45, 7) is 4.77. The van der Waals surface area contributed by atoms with E-state index >= 15 is 0 Å². The number of para-hydroxylation sites is 2. The minimum atomic E-state index is -0.233. The van der Waals surface area contributed by atoms with Crippen molar-refractivity contribution in [2.24, 2.45) is 0 Å². The van der Waals surface area contributed by atoms with Crippen molar-refractivity contribution in [2.75, 3.05) is 0 Å². The molecule has 0 atom stereocenters. The highest BCUT2D eigenvalue weighted by atomic mass is 16.3. The van der Waals surface area contributed by atoms with Crippen LogP contribution in [-0.4, -0.2) is 4.57 Å². The average Bonchev–Trinajstić information content (AvgIpc) is 3.74. The number of hydrogen-bond acceptors (Lipinski definition) is 1. The number of benzene rings is 8. The van der Waals surface area contributed by atoms with Crippen molar-refractivity contribution in [3.05, 3.63) is 151 Å². The van der Waals surface area contributed by atoms with Crippen LogP contribution in [0.5, 0.6) is 0 Å². The van der Waals surface area contributed by atoms with E-state index < -0.39 is 0 Å². The molecule has 8 aromatic carbocycles. The average molecular weight is 600 g/mol. The van der Waals surface area contributed by atoms with Crippen LogP contribution in [0.1, 0.15) is 25.0 Å². The maximum Gasteiger partial charge on any atom is 0.144 e. The van der Waals surface area contributed by atoms with E-state index in [-0.39, 0.29) is 5.41 Å². The smallest absolute Gasteiger partial charge is 0.144 e. The highest BCUT2D eigenvalue weighted by Crippen LogP contribution is 2.57. The molecule has 2 aromatic heterocycles. The van der Waals surface area contributed by atoms with Crippen LogP contribution in [-0.2, 0) is 5.41 Å². The predicted octanol–water partition coefficient (Wildman–Crippen LogP) is 12.4. The molecule has 0 bridgehead atoms. The van der Waals surface area contributed by atoms with Crippen LogP contribution in [0, 0.1) is 0 Å². The largest absolute Gasteiger partial charge is 0.455 e. The van der Waals surface area contributed by atoms with Crippen molar-refractivity contribution >= 4 is 76.1 Å². The predicted molar refractivity (Wildman–Crippen MR) is 198 cm³/mol. The minimum absolute atomic E-state index is 0.233. The Morgan fingerprint density at radius 2 is 1.09 bits per heavy atom. The van der Waals surface area contributed by atoms with E-state index in [1.165, 1.54) is 87.5 Å². The van der Waals surface area contributed by atoms with Gasteiger partial charge in [0.05, 0.1) is 11.0 Å². The van der Waals surface area contributed by atoms with Gasteiger partial charge in [-0.1, -0.05) is 129 Å². The van der Waals surface area contributed by atoms with Gasteiger partial charge in [-0.05, 0) is 73.3 Å². The van der Waals surface area contributed by atoms with Crippen molar-refractivity contribution in [3.63, 3.8) is 0 Å². The van der Waals surface area contributed by atoms with Crippen LogP contribution in [0.15, 0.2) is 144 Å². The van der Waals surface area contributed by atoms with Crippen LogP contribution in [0.3, 0.4) is 0 Å². The van der Waals surface area contributed by atoms with E-state index in [2.05, 4.69) is 158 Å². The van der Waals surface area contributed by atoms with Gasteiger partial charge in [0, 0.05) is 38.2 Å². The molecule has 10 aromatic rings. The standard InChI is InChI=1S/C45H29NO/c1-45(2)36-20-10-7-17-32(36)41-42(45)43-39(40-34-19-9-12-22-38(34)47-44(40)41)33-18-8-11-21-37(33)46(43)26-23-24-31-29-15-4-3-13-27(29)28-14-5-6-16-30(28)35(31)25-26/h3-25H,1-2H3. The summed E-state index contributed by atoms with van der Waals surface area (Å²) in [7, 11) is 0. The van der Waals surface area contributed by atoms with Gasteiger partial charge in [0.1, 0.15) is 11.2 Å². The van der Waals surface area contributed by atoms with Crippen LogP contribution in [0.2, 0.25) is 0 Å². The summed E-state index contributed by atoms with van der Waals surface area (Å²) in [6, 6.07) is 51.1. The van der Waals surface area contributed by atoms with Crippen LogP contribution in [0.25, 0.3) is 92.9 Å². The van der Waals surface area contributed by atoms with Gasteiger partial charge < -0.3 is 8.98 Å². The highest BCUT2D eigenvalue weighted by molar-refractivity contribution is 6.32. The van der Waals surface area contributed by atoms with Gasteiger partial charge in [-0.25, -0.2) is 0 Å². The lowest BCUT2D eigenvalue weighted by Crippen LogP contribution is -2.16. The minimum Gasteiger partial charge on any atom is -0.455 e. The van der Waals surface area contributed by atoms with Crippen molar-refractivity contribution in [1.82, 2.24) is 4.57 Å². The zero-order valence-corrected chi connectivity index (χ0v) is 26.1. The van der Waals surface area contributed by atoms with E-state index in [9.17, 15) is 0 Å². The lowest BCUT2D eigenvalue weighted by Gasteiger charge is -2.24. The molecule has 2 heteroatoms. The molecule has 1 aliphatic rings. The molecule has 0 fully saturated rings. The number of furan rings is 1. The van der Waals surface area contributed by atoms with Crippen molar-refractivity contribution < 1.29 is 4.42 Å². The maximum atomic E-state index is 6.85. The Labute approximate surface area is 271 Å². The Bertz CT molecular complexity index is 2950. The topological polar surface area (TPSA) is 18.1 Å². The monoisotopic (exact) mass is 599 g/mol. The highest BCUT2D eigenvalue weighted by Gasteiger charge is 2.41. The fraction of sp³-hybridized carbons (Fsp3) is 0.0667. The second-order valence-corrected chi connectivity index (χ2v) is 13.6. The first-order valence-corrected chi connectivity index (χ1v) is 16.5. The van der Waals surface area contributed by atoms with Gasteiger partial charge in [-0.2, -0.15) is 0 Å². The summed E-state index contributed by atoms with van der Waals surface area (Å²) in [5, 5.41) is 12.6. The molecule has 0 aliphatic heterocycles. The molecule has 0 saturated carbocycles. The maximum absolute atomic E-state index is 6.85. The molecule has 1 aliphatic carbocycles. The van der Waals surface area contributed by atoms with Crippen molar-refractivity contribution in [1.29, 1.82) is 0 Å². The number of rotatable bonds is 1. The second kappa shape index (κ2) is 8.69. The number of aromatic nitrogens is 1. The number of hydrogen-bond donors (Lipinski definition) is 0. The summed E-state index contributed by atoms with van der Waals surface area (Å²) in [4.78, 5) is 0. The van der Waals surface area contributed by atoms with Gasteiger partial charge >= 0.3 is 0 Å². The molecule has 0 N–H and O–H groups in total. The SMILES string of the molecule is CC1(C)c2ccccc2-c2c1c1c(c3ccccc3n1-c1ccc3c4ccccc4c4ccccc4c3c1)c1c2oc2ccccc21. The lowest BCUT2D eigenvalue weighted by atomic mass is 9.81. The molecule has 0 amide bonds. The Balaban J connectivity index is 1.39. The fourth-order valence-corrected chi connectivity index (χ4v) is 8.98. The Hall–Kier alpha value is -5.86. The third kappa shape index (κ3) is 3.06. The van der Waals surface area contributed by atoms with Crippen molar-refractivity contribution in [3.8, 4) is 16.8 Å². The Morgan fingerprint density at radius 1 is 0.511 bits per heavy atom. The first-order chi connectivity index (χ1) is 23.1.